The van der Waals surface area contributed by atoms with Crippen molar-refractivity contribution in [2.75, 3.05) is 6.61 Å². The van der Waals surface area contributed by atoms with E-state index in [0.717, 1.165) is 5.56 Å². The molecule has 0 spiro atoms. The molecule has 0 aromatic heterocycles. The minimum absolute atomic E-state index is 0.288. The van der Waals surface area contributed by atoms with Crippen molar-refractivity contribution < 1.29 is 14.6 Å². The van der Waals surface area contributed by atoms with Crippen LogP contribution in [0.1, 0.15) is 25.8 Å². The van der Waals surface area contributed by atoms with Gasteiger partial charge in [0, 0.05) is 6.42 Å². The summed E-state index contributed by atoms with van der Waals surface area (Å²) < 4.78 is 4.88. The number of hydrogen-bond acceptors (Lipinski definition) is 3. The average Bonchev–Trinajstić information content (AvgIpc) is 2.30. The predicted molar refractivity (Wildman–Crippen MR) is 62.0 cm³/mol. The Labute approximate surface area is 96.1 Å². The zero-order chi connectivity index (χ0) is 12.0. The van der Waals surface area contributed by atoms with Crippen molar-refractivity contribution in [3.05, 3.63) is 35.9 Å². The van der Waals surface area contributed by atoms with Crippen LogP contribution < -0.4 is 0 Å². The molecule has 1 aromatic rings. The lowest BCUT2D eigenvalue weighted by atomic mass is 9.92. The highest BCUT2D eigenvalue weighted by Gasteiger charge is 2.35. The van der Waals surface area contributed by atoms with E-state index in [1.54, 1.807) is 13.8 Å². The molecule has 0 radical (unpaired) electrons. The molecule has 0 unspecified atom stereocenters. The molecular weight excluding hydrogens is 204 g/mol. The molecule has 3 heteroatoms. The van der Waals surface area contributed by atoms with Gasteiger partial charge in [-0.05, 0) is 18.9 Å². The summed E-state index contributed by atoms with van der Waals surface area (Å²) in [6.45, 7) is 3.80. The van der Waals surface area contributed by atoms with E-state index in [9.17, 15) is 9.90 Å². The molecule has 0 saturated carbocycles. The SMILES string of the molecule is CCOC(=O)[C@@](O)(CC)Cc1ccccc1. The Kier molecular flexibility index (Phi) is 4.50. The van der Waals surface area contributed by atoms with Crippen LogP contribution in [-0.2, 0) is 16.0 Å². The molecule has 1 rings (SSSR count). The van der Waals surface area contributed by atoms with Crippen molar-refractivity contribution >= 4 is 5.97 Å². The second kappa shape index (κ2) is 5.66. The highest BCUT2D eigenvalue weighted by molar-refractivity contribution is 5.79. The number of rotatable bonds is 5. The van der Waals surface area contributed by atoms with E-state index in [0.29, 0.717) is 12.8 Å². The summed E-state index contributed by atoms with van der Waals surface area (Å²) in [4.78, 5) is 11.6. The Morgan fingerprint density at radius 3 is 2.44 bits per heavy atom. The molecule has 0 aliphatic carbocycles. The lowest BCUT2D eigenvalue weighted by molar-refractivity contribution is -0.165. The van der Waals surface area contributed by atoms with E-state index in [1.807, 2.05) is 30.3 Å². The first-order valence-electron chi connectivity index (χ1n) is 5.56. The van der Waals surface area contributed by atoms with Crippen LogP contribution in [0, 0.1) is 0 Å². The van der Waals surface area contributed by atoms with Gasteiger partial charge in [-0.15, -0.1) is 0 Å². The first kappa shape index (κ1) is 12.7. The number of benzene rings is 1. The Morgan fingerprint density at radius 2 is 1.94 bits per heavy atom. The zero-order valence-corrected chi connectivity index (χ0v) is 9.77. The number of hydrogen-bond donors (Lipinski definition) is 1. The van der Waals surface area contributed by atoms with Crippen molar-refractivity contribution in [1.82, 2.24) is 0 Å². The first-order valence-corrected chi connectivity index (χ1v) is 5.56. The van der Waals surface area contributed by atoms with Crippen molar-refractivity contribution in [3.8, 4) is 0 Å². The molecule has 0 amide bonds. The summed E-state index contributed by atoms with van der Waals surface area (Å²) in [5.41, 5.74) is -0.475. The van der Waals surface area contributed by atoms with Gasteiger partial charge in [-0.3, -0.25) is 0 Å². The molecule has 0 aliphatic heterocycles. The Bertz CT molecular complexity index is 334. The van der Waals surface area contributed by atoms with Gasteiger partial charge < -0.3 is 9.84 Å². The topological polar surface area (TPSA) is 46.5 Å². The minimum Gasteiger partial charge on any atom is -0.464 e. The standard InChI is InChI=1S/C13H18O3/c1-3-13(15,12(14)16-4-2)10-11-8-6-5-7-9-11/h5-9,15H,3-4,10H2,1-2H3/t13-/m1/s1. The quantitative estimate of drug-likeness (QED) is 0.774. The van der Waals surface area contributed by atoms with Crippen LogP contribution in [-0.4, -0.2) is 23.3 Å². The monoisotopic (exact) mass is 222 g/mol. The lowest BCUT2D eigenvalue weighted by Crippen LogP contribution is -2.41. The fourth-order valence-corrected chi connectivity index (χ4v) is 1.54. The third-order valence-electron chi connectivity index (χ3n) is 2.58. The van der Waals surface area contributed by atoms with Gasteiger partial charge in [-0.25, -0.2) is 4.79 Å². The number of aliphatic hydroxyl groups is 1. The maximum atomic E-state index is 11.6. The molecular formula is C13H18O3. The summed E-state index contributed by atoms with van der Waals surface area (Å²) in [5, 5.41) is 10.2. The lowest BCUT2D eigenvalue weighted by Gasteiger charge is -2.24. The first-order chi connectivity index (χ1) is 7.62. The predicted octanol–water partition coefficient (Wildman–Crippen LogP) is 1.93. The smallest absolute Gasteiger partial charge is 0.338 e. The van der Waals surface area contributed by atoms with Crippen molar-refractivity contribution in [3.63, 3.8) is 0 Å². The number of esters is 1. The molecule has 0 fully saturated rings. The van der Waals surface area contributed by atoms with Gasteiger partial charge in [0.05, 0.1) is 6.61 Å². The van der Waals surface area contributed by atoms with Crippen molar-refractivity contribution in [1.29, 1.82) is 0 Å². The van der Waals surface area contributed by atoms with Gasteiger partial charge in [0.1, 0.15) is 0 Å². The van der Waals surface area contributed by atoms with Gasteiger partial charge in [0.2, 0.25) is 0 Å². The largest absolute Gasteiger partial charge is 0.464 e. The molecule has 0 heterocycles. The normalized spacial score (nSPS) is 14.2. The van der Waals surface area contributed by atoms with Gasteiger partial charge >= 0.3 is 5.97 Å². The fourth-order valence-electron chi connectivity index (χ4n) is 1.54. The summed E-state index contributed by atoms with van der Waals surface area (Å²) in [6.07, 6.45) is 0.643. The van der Waals surface area contributed by atoms with Crippen molar-refractivity contribution in [2.45, 2.75) is 32.3 Å². The van der Waals surface area contributed by atoms with Gasteiger partial charge in [-0.2, -0.15) is 0 Å². The van der Waals surface area contributed by atoms with Crippen LogP contribution in [0.5, 0.6) is 0 Å². The number of ether oxygens (including phenoxy) is 1. The maximum absolute atomic E-state index is 11.6. The number of carbonyl (C=O) groups excluding carboxylic acids is 1. The molecule has 16 heavy (non-hydrogen) atoms. The molecule has 88 valence electrons. The summed E-state index contributed by atoms with van der Waals surface area (Å²) in [5.74, 6) is -0.540. The van der Waals surface area contributed by atoms with E-state index in [4.69, 9.17) is 4.74 Å². The maximum Gasteiger partial charge on any atom is 0.338 e. The third kappa shape index (κ3) is 3.07. The Morgan fingerprint density at radius 1 is 1.31 bits per heavy atom. The number of carbonyl (C=O) groups is 1. The van der Waals surface area contributed by atoms with Crippen LogP contribution >= 0.6 is 0 Å². The second-order valence-electron chi connectivity index (χ2n) is 3.77. The van der Waals surface area contributed by atoms with E-state index in [2.05, 4.69) is 0 Å². The van der Waals surface area contributed by atoms with Crippen LogP contribution in [0.4, 0.5) is 0 Å². The minimum atomic E-state index is -1.41. The van der Waals surface area contributed by atoms with Gasteiger partial charge in [0.15, 0.2) is 5.60 Å². The Balaban J connectivity index is 2.78. The zero-order valence-electron chi connectivity index (χ0n) is 9.77. The van der Waals surface area contributed by atoms with Crippen molar-refractivity contribution in [2.24, 2.45) is 0 Å². The summed E-state index contributed by atoms with van der Waals surface area (Å²) in [6, 6.07) is 9.45. The molecule has 0 saturated heterocycles. The van der Waals surface area contributed by atoms with E-state index >= 15 is 0 Å². The van der Waals surface area contributed by atoms with Crippen LogP contribution in [0.3, 0.4) is 0 Å². The third-order valence-corrected chi connectivity index (χ3v) is 2.58. The second-order valence-corrected chi connectivity index (χ2v) is 3.77. The highest BCUT2D eigenvalue weighted by Crippen LogP contribution is 2.19. The van der Waals surface area contributed by atoms with E-state index < -0.39 is 11.6 Å². The average molecular weight is 222 g/mol. The van der Waals surface area contributed by atoms with Gasteiger partial charge in [-0.1, -0.05) is 37.3 Å². The van der Waals surface area contributed by atoms with Crippen LogP contribution in [0.2, 0.25) is 0 Å². The fraction of sp³-hybridized carbons (Fsp3) is 0.462. The summed E-state index contributed by atoms with van der Waals surface area (Å²) >= 11 is 0. The molecule has 0 bridgehead atoms. The molecule has 0 aliphatic rings. The van der Waals surface area contributed by atoms with Crippen LogP contribution in [0.15, 0.2) is 30.3 Å². The van der Waals surface area contributed by atoms with E-state index in [1.165, 1.54) is 0 Å². The highest BCUT2D eigenvalue weighted by atomic mass is 16.5. The molecule has 1 N–H and O–H groups in total. The molecule has 3 nitrogen and oxygen atoms in total. The van der Waals surface area contributed by atoms with Crippen LogP contribution in [0.25, 0.3) is 0 Å². The Hall–Kier alpha value is -1.35. The molecule has 1 atom stereocenters. The van der Waals surface area contributed by atoms with Gasteiger partial charge in [0.25, 0.3) is 0 Å². The summed E-state index contributed by atoms with van der Waals surface area (Å²) in [7, 11) is 0. The van der Waals surface area contributed by atoms with E-state index in [-0.39, 0.29) is 6.61 Å². The molecule has 1 aromatic carbocycles.